The molecule has 1 heterocycles. The summed E-state index contributed by atoms with van der Waals surface area (Å²) in [6.45, 7) is 5.23. The molecule has 1 atom stereocenters. The van der Waals surface area contributed by atoms with E-state index in [2.05, 4.69) is 10.6 Å². The van der Waals surface area contributed by atoms with Gasteiger partial charge in [0.25, 0.3) is 5.91 Å². The fourth-order valence-electron chi connectivity index (χ4n) is 2.30. The van der Waals surface area contributed by atoms with Gasteiger partial charge in [-0.1, -0.05) is 26.0 Å². The Hall–Kier alpha value is -1.62. The lowest BCUT2D eigenvalue weighted by molar-refractivity contribution is -0.127. The van der Waals surface area contributed by atoms with Crippen LogP contribution in [-0.4, -0.2) is 24.6 Å². The predicted octanol–water partition coefficient (Wildman–Crippen LogP) is 2.37. The third-order valence-electron chi connectivity index (χ3n) is 3.49. The van der Waals surface area contributed by atoms with E-state index in [1.54, 1.807) is 6.07 Å². The highest BCUT2D eigenvalue weighted by atomic mass is 19.1. The molecule has 1 fully saturated rings. The largest absolute Gasteiger partial charge is 0.477 e. The lowest BCUT2D eigenvalue weighted by Gasteiger charge is -2.19. The van der Waals surface area contributed by atoms with Gasteiger partial charge in [-0.2, -0.15) is 0 Å². The molecule has 1 aromatic rings. The van der Waals surface area contributed by atoms with Crippen LogP contribution in [0.15, 0.2) is 18.2 Å². The van der Waals surface area contributed by atoms with E-state index < -0.39 is 11.9 Å². The monoisotopic (exact) mass is 294 g/mol. The minimum atomic E-state index is -0.609. The van der Waals surface area contributed by atoms with Crippen molar-refractivity contribution in [2.75, 3.05) is 6.54 Å². The number of para-hydroxylation sites is 1. The van der Waals surface area contributed by atoms with Gasteiger partial charge < -0.3 is 15.4 Å². The second-order valence-corrected chi connectivity index (χ2v) is 5.66. The number of ether oxygens (including phenoxy) is 1. The average molecular weight is 294 g/mol. The molecule has 1 aliphatic heterocycles. The van der Waals surface area contributed by atoms with E-state index in [0.29, 0.717) is 25.6 Å². The quantitative estimate of drug-likeness (QED) is 0.876. The van der Waals surface area contributed by atoms with Crippen molar-refractivity contribution in [3.8, 4) is 5.75 Å². The van der Waals surface area contributed by atoms with Crippen LogP contribution < -0.4 is 15.4 Å². The normalized spacial score (nSPS) is 19.2. The van der Waals surface area contributed by atoms with E-state index in [4.69, 9.17) is 4.74 Å². The van der Waals surface area contributed by atoms with Crippen LogP contribution in [0, 0.1) is 5.82 Å². The van der Waals surface area contributed by atoms with Crippen molar-refractivity contribution in [3.05, 3.63) is 29.6 Å². The third kappa shape index (κ3) is 4.43. The lowest BCUT2D eigenvalue weighted by Crippen LogP contribution is -2.37. The van der Waals surface area contributed by atoms with Gasteiger partial charge in [-0.3, -0.25) is 4.79 Å². The molecule has 2 N–H and O–H groups in total. The van der Waals surface area contributed by atoms with Crippen LogP contribution in [0.25, 0.3) is 0 Å². The Labute approximate surface area is 125 Å². The molecule has 1 saturated heterocycles. The van der Waals surface area contributed by atoms with Crippen molar-refractivity contribution in [3.63, 3.8) is 0 Å². The maximum absolute atomic E-state index is 14.1. The highest BCUT2D eigenvalue weighted by Gasteiger charge is 2.24. The van der Waals surface area contributed by atoms with Gasteiger partial charge in [0.2, 0.25) is 0 Å². The molecule has 2 rings (SSSR count). The summed E-state index contributed by atoms with van der Waals surface area (Å²) < 4.78 is 19.8. The average Bonchev–Trinajstić information content (AvgIpc) is 2.64. The Kier molecular flexibility index (Phi) is 5.56. The molecule has 0 spiro atoms. The van der Waals surface area contributed by atoms with Crippen molar-refractivity contribution in [2.24, 2.45) is 0 Å². The van der Waals surface area contributed by atoms with E-state index >= 15 is 0 Å². The van der Waals surface area contributed by atoms with Gasteiger partial charge in [-0.05, 0) is 25.3 Å². The number of nitrogens with one attached hydrogen (secondary N) is 2. The Balaban J connectivity index is 2.15. The molecule has 0 bridgehead atoms. The molecule has 1 aromatic carbocycles. The van der Waals surface area contributed by atoms with E-state index in [0.717, 1.165) is 18.4 Å². The summed E-state index contributed by atoms with van der Waals surface area (Å²) in [6.07, 6.45) is 1.85. The van der Waals surface area contributed by atoms with E-state index in [-0.39, 0.29) is 11.7 Å². The van der Waals surface area contributed by atoms with Crippen LogP contribution in [0.5, 0.6) is 5.75 Å². The molecule has 4 nitrogen and oxygen atoms in total. The zero-order valence-electron chi connectivity index (χ0n) is 12.6. The summed E-state index contributed by atoms with van der Waals surface area (Å²) in [6, 6.07) is 5.14. The van der Waals surface area contributed by atoms with Gasteiger partial charge in [0.15, 0.2) is 17.7 Å². The van der Waals surface area contributed by atoms with Gasteiger partial charge in [0.1, 0.15) is 0 Å². The SMILES string of the molecule is CC(C)NCc1cccc(F)c1OC1CCCCNC1=O. The summed E-state index contributed by atoms with van der Waals surface area (Å²) in [5.74, 6) is -0.388. The number of carbonyl (C=O) groups excluding carboxylic acids is 1. The number of benzene rings is 1. The van der Waals surface area contributed by atoms with Crippen molar-refractivity contribution >= 4 is 5.91 Å². The van der Waals surface area contributed by atoms with Crippen LogP contribution in [0.2, 0.25) is 0 Å². The van der Waals surface area contributed by atoms with Gasteiger partial charge >= 0.3 is 0 Å². The summed E-state index contributed by atoms with van der Waals surface area (Å²) in [4.78, 5) is 11.9. The highest BCUT2D eigenvalue weighted by molar-refractivity contribution is 5.81. The zero-order chi connectivity index (χ0) is 15.2. The zero-order valence-corrected chi connectivity index (χ0v) is 12.6. The maximum atomic E-state index is 14.1. The number of rotatable bonds is 5. The topological polar surface area (TPSA) is 50.4 Å². The summed E-state index contributed by atoms with van der Waals surface area (Å²) in [5.41, 5.74) is 0.737. The molecule has 21 heavy (non-hydrogen) atoms. The molecule has 1 aliphatic rings. The van der Waals surface area contributed by atoms with Crippen LogP contribution in [0.3, 0.4) is 0 Å². The molecule has 0 radical (unpaired) electrons. The second kappa shape index (κ2) is 7.41. The fraction of sp³-hybridized carbons (Fsp3) is 0.562. The minimum absolute atomic E-state index is 0.154. The Morgan fingerprint density at radius 3 is 3.00 bits per heavy atom. The van der Waals surface area contributed by atoms with Crippen LogP contribution in [-0.2, 0) is 11.3 Å². The maximum Gasteiger partial charge on any atom is 0.261 e. The number of hydrogen-bond acceptors (Lipinski definition) is 3. The van der Waals surface area contributed by atoms with Gasteiger partial charge in [0.05, 0.1) is 0 Å². The summed E-state index contributed by atoms with van der Waals surface area (Å²) in [5, 5.41) is 6.04. The Bertz CT molecular complexity index is 491. The van der Waals surface area contributed by atoms with Gasteiger partial charge in [-0.25, -0.2) is 4.39 Å². The van der Waals surface area contributed by atoms with Crippen LogP contribution >= 0.6 is 0 Å². The lowest BCUT2D eigenvalue weighted by atomic mass is 10.1. The summed E-state index contributed by atoms with van der Waals surface area (Å²) in [7, 11) is 0. The Morgan fingerprint density at radius 1 is 1.43 bits per heavy atom. The predicted molar refractivity (Wildman–Crippen MR) is 79.7 cm³/mol. The molecule has 1 unspecified atom stereocenters. The van der Waals surface area contributed by atoms with Crippen molar-refractivity contribution in [1.82, 2.24) is 10.6 Å². The minimum Gasteiger partial charge on any atom is -0.477 e. The smallest absolute Gasteiger partial charge is 0.261 e. The first kappa shape index (κ1) is 15.8. The number of amides is 1. The van der Waals surface area contributed by atoms with Crippen LogP contribution in [0.1, 0.15) is 38.7 Å². The number of halogens is 1. The van der Waals surface area contributed by atoms with Crippen molar-refractivity contribution in [1.29, 1.82) is 0 Å². The van der Waals surface area contributed by atoms with Crippen LogP contribution in [0.4, 0.5) is 4.39 Å². The standard InChI is InChI=1S/C16H23FN2O2/c1-11(2)19-10-12-6-5-7-13(17)15(12)21-14-8-3-4-9-18-16(14)20/h5-7,11,14,19H,3-4,8-10H2,1-2H3,(H,18,20). The molecule has 116 valence electrons. The summed E-state index contributed by atoms with van der Waals surface area (Å²) >= 11 is 0. The van der Waals surface area contributed by atoms with Crippen molar-refractivity contribution in [2.45, 2.75) is 51.8 Å². The number of hydrogen-bond donors (Lipinski definition) is 2. The van der Waals surface area contributed by atoms with E-state index in [1.807, 2.05) is 19.9 Å². The molecule has 0 aliphatic carbocycles. The highest BCUT2D eigenvalue weighted by Crippen LogP contribution is 2.25. The fourth-order valence-corrected chi connectivity index (χ4v) is 2.30. The Morgan fingerprint density at radius 2 is 2.24 bits per heavy atom. The first-order valence-electron chi connectivity index (χ1n) is 7.53. The second-order valence-electron chi connectivity index (χ2n) is 5.66. The first-order valence-corrected chi connectivity index (χ1v) is 7.53. The molecule has 1 amide bonds. The molecule has 5 heteroatoms. The van der Waals surface area contributed by atoms with Crippen molar-refractivity contribution < 1.29 is 13.9 Å². The molecular formula is C16H23FN2O2. The molecule has 0 aromatic heterocycles. The molecule has 0 saturated carbocycles. The molecular weight excluding hydrogens is 271 g/mol. The van der Waals surface area contributed by atoms with E-state index in [9.17, 15) is 9.18 Å². The first-order chi connectivity index (χ1) is 10.1. The number of carbonyl (C=O) groups is 1. The third-order valence-corrected chi connectivity index (χ3v) is 3.49. The van der Waals surface area contributed by atoms with Gasteiger partial charge in [-0.15, -0.1) is 0 Å². The van der Waals surface area contributed by atoms with Gasteiger partial charge in [0, 0.05) is 24.7 Å². The van der Waals surface area contributed by atoms with E-state index in [1.165, 1.54) is 6.07 Å².